The Bertz CT molecular complexity index is 669. The molecule has 1 fully saturated rings. The SMILES string of the molecule is CC(C)CNC(=O)COC(=O)c1cc([N+](=O)[O-])ccc1N1CCCCC1. The first kappa shape index (κ1) is 19.7. The van der Waals surface area contributed by atoms with Crippen LogP contribution in [-0.4, -0.2) is 43.0 Å². The van der Waals surface area contributed by atoms with Crippen molar-refractivity contribution in [2.24, 2.45) is 5.92 Å². The zero-order valence-electron chi connectivity index (χ0n) is 15.2. The summed E-state index contributed by atoms with van der Waals surface area (Å²) >= 11 is 0. The molecule has 1 aromatic carbocycles. The number of nitro benzene ring substituents is 1. The van der Waals surface area contributed by atoms with Gasteiger partial charge in [0.25, 0.3) is 11.6 Å². The number of carbonyl (C=O) groups is 2. The molecule has 1 aliphatic heterocycles. The molecule has 0 bridgehead atoms. The summed E-state index contributed by atoms with van der Waals surface area (Å²) in [6, 6.07) is 4.19. The fourth-order valence-corrected chi connectivity index (χ4v) is 2.79. The van der Waals surface area contributed by atoms with Crippen LogP contribution in [0.3, 0.4) is 0 Å². The number of nitrogens with one attached hydrogen (secondary N) is 1. The lowest BCUT2D eigenvalue weighted by Crippen LogP contribution is -2.33. The predicted octanol–water partition coefficient (Wildman–Crippen LogP) is 2.51. The van der Waals surface area contributed by atoms with Crippen molar-refractivity contribution in [1.82, 2.24) is 5.32 Å². The molecule has 142 valence electrons. The maximum atomic E-state index is 12.5. The Labute approximate surface area is 152 Å². The monoisotopic (exact) mass is 363 g/mol. The summed E-state index contributed by atoms with van der Waals surface area (Å²) in [6.07, 6.45) is 3.13. The number of amides is 1. The van der Waals surface area contributed by atoms with Crippen LogP contribution in [0.25, 0.3) is 0 Å². The molecule has 8 nitrogen and oxygen atoms in total. The lowest BCUT2D eigenvalue weighted by atomic mass is 10.1. The number of rotatable bonds is 7. The first-order valence-electron chi connectivity index (χ1n) is 8.85. The van der Waals surface area contributed by atoms with Gasteiger partial charge in [-0.05, 0) is 31.2 Å². The average molecular weight is 363 g/mol. The molecule has 1 saturated heterocycles. The van der Waals surface area contributed by atoms with Crippen LogP contribution >= 0.6 is 0 Å². The van der Waals surface area contributed by atoms with Gasteiger partial charge in [0.1, 0.15) is 0 Å². The van der Waals surface area contributed by atoms with Crippen molar-refractivity contribution in [3.63, 3.8) is 0 Å². The Kier molecular flexibility index (Phi) is 6.94. The van der Waals surface area contributed by atoms with Crippen molar-refractivity contribution in [3.05, 3.63) is 33.9 Å². The summed E-state index contributed by atoms with van der Waals surface area (Å²) in [5, 5.41) is 13.7. The molecule has 1 N–H and O–H groups in total. The Morgan fingerprint density at radius 2 is 1.96 bits per heavy atom. The number of benzene rings is 1. The Morgan fingerprint density at radius 1 is 1.27 bits per heavy atom. The third-order valence-corrected chi connectivity index (χ3v) is 4.15. The zero-order valence-corrected chi connectivity index (χ0v) is 15.2. The van der Waals surface area contributed by atoms with Crippen LogP contribution in [0.15, 0.2) is 18.2 Å². The summed E-state index contributed by atoms with van der Waals surface area (Å²) in [5.41, 5.74) is 0.558. The van der Waals surface area contributed by atoms with Gasteiger partial charge in [0.2, 0.25) is 0 Å². The number of esters is 1. The van der Waals surface area contributed by atoms with Gasteiger partial charge in [-0.1, -0.05) is 13.8 Å². The third kappa shape index (κ3) is 5.44. The van der Waals surface area contributed by atoms with Crippen molar-refractivity contribution >= 4 is 23.3 Å². The molecule has 0 radical (unpaired) electrons. The minimum atomic E-state index is -0.728. The molecule has 1 aromatic rings. The van der Waals surface area contributed by atoms with Gasteiger partial charge in [-0.2, -0.15) is 0 Å². The summed E-state index contributed by atoms with van der Waals surface area (Å²) in [4.78, 5) is 36.7. The smallest absolute Gasteiger partial charge is 0.341 e. The van der Waals surface area contributed by atoms with Gasteiger partial charge in [-0.15, -0.1) is 0 Å². The normalized spacial score (nSPS) is 14.2. The molecule has 0 spiro atoms. The Hall–Kier alpha value is -2.64. The van der Waals surface area contributed by atoms with E-state index in [1.165, 1.54) is 12.1 Å². The van der Waals surface area contributed by atoms with Gasteiger partial charge in [-0.25, -0.2) is 4.79 Å². The average Bonchev–Trinajstić information content (AvgIpc) is 2.64. The van der Waals surface area contributed by atoms with Gasteiger partial charge in [0.15, 0.2) is 6.61 Å². The Morgan fingerprint density at radius 3 is 2.58 bits per heavy atom. The number of hydrogen-bond donors (Lipinski definition) is 1. The summed E-state index contributed by atoms with van der Waals surface area (Å²) < 4.78 is 5.09. The van der Waals surface area contributed by atoms with E-state index in [1.54, 1.807) is 6.07 Å². The number of nitrogens with zero attached hydrogens (tertiary/aromatic N) is 2. The number of piperidine rings is 1. The fraction of sp³-hybridized carbons (Fsp3) is 0.556. The molecule has 0 unspecified atom stereocenters. The van der Waals surface area contributed by atoms with Crippen LogP contribution in [0.4, 0.5) is 11.4 Å². The van der Waals surface area contributed by atoms with E-state index in [0.717, 1.165) is 32.4 Å². The lowest BCUT2D eigenvalue weighted by Gasteiger charge is -2.30. The lowest BCUT2D eigenvalue weighted by molar-refractivity contribution is -0.384. The molecular weight excluding hydrogens is 338 g/mol. The van der Waals surface area contributed by atoms with E-state index in [1.807, 2.05) is 18.7 Å². The number of hydrogen-bond acceptors (Lipinski definition) is 6. The molecule has 0 saturated carbocycles. The van der Waals surface area contributed by atoms with Crippen LogP contribution < -0.4 is 10.2 Å². The van der Waals surface area contributed by atoms with Crippen molar-refractivity contribution in [1.29, 1.82) is 0 Å². The van der Waals surface area contributed by atoms with E-state index < -0.39 is 23.4 Å². The highest BCUT2D eigenvalue weighted by Crippen LogP contribution is 2.28. The van der Waals surface area contributed by atoms with E-state index in [2.05, 4.69) is 5.32 Å². The van der Waals surface area contributed by atoms with Crippen molar-refractivity contribution in [3.8, 4) is 0 Å². The molecule has 0 atom stereocenters. The molecule has 8 heteroatoms. The first-order valence-corrected chi connectivity index (χ1v) is 8.85. The van der Waals surface area contributed by atoms with Crippen LogP contribution in [0.1, 0.15) is 43.5 Å². The maximum Gasteiger partial charge on any atom is 0.341 e. The standard InChI is InChI=1S/C18H25N3O5/c1-13(2)11-19-17(22)12-26-18(23)15-10-14(21(24)25)6-7-16(15)20-8-4-3-5-9-20/h6-7,10,13H,3-5,8-9,11-12H2,1-2H3,(H,19,22). The van der Waals surface area contributed by atoms with E-state index in [9.17, 15) is 19.7 Å². The van der Waals surface area contributed by atoms with Gasteiger partial charge >= 0.3 is 5.97 Å². The van der Waals surface area contributed by atoms with E-state index in [0.29, 0.717) is 12.2 Å². The number of nitro groups is 1. The number of anilines is 1. The second kappa shape index (κ2) is 9.17. The highest BCUT2D eigenvalue weighted by molar-refractivity contribution is 5.97. The highest BCUT2D eigenvalue weighted by atomic mass is 16.6. The fourth-order valence-electron chi connectivity index (χ4n) is 2.79. The molecule has 0 aromatic heterocycles. The summed E-state index contributed by atoms with van der Waals surface area (Å²) in [7, 11) is 0. The number of non-ortho nitro benzene ring substituents is 1. The topological polar surface area (TPSA) is 102 Å². The molecule has 26 heavy (non-hydrogen) atoms. The molecule has 2 rings (SSSR count). The summed E-state index contributed by atoms with van der Waals surface area (Å²) in [5.74, 6) is -0.830. The molecule has 0 aliphatic carbocycles. The third-order valence-electron chi connectivity index (χ3n) is 4.15. The minimum absolute atomic E-state index is 0.123. The van der Waals surface area contributed by atoms with Crippen molar-refractivity contribution in [2.45, 2.75) is 33.1 Å². The predicted molar refractivity (Wildman–Crippen MR) is 97.3 cm³/mol. The van der Waals surface area contributed by atoms with Crippen LogP contribution in [0.2, 0.25) is 0 Å². The zero-order chi connectivity index (χ0) is 19.1. The maximum absolute atomic E-state index is 12.5. The number of ether oxygens (including phenoxy) is 1. The summed E-state index contributed by atoms with van der Waals surface area (Å²) in [6.45, 7) is 5.57. The first-order chi connectivity index (χ1) is 12.4. The van der Waals surface area contributed by atoms with E-state index in [4.69, 9.17) is 4.74 Å². The minimum Gasteiger partial charge on any atom is -0.452 e. The molecule has 1 aliphatic rings. The van der Waals surface area contributed by atoms with Crippen molar-refractivity contribution in [2.75, 3.05) is 31.1 Å². The Balaban J connectivity index is 2.13. The highest BCUT2D eigenvalue weighted by Gasteiger charge is 2.23. The van der Waals surface area contributed by atoms with Crippen LogP contribution in [0, 0.1) is 16.0 Å². The molecule has 1 heterocycles. The second-order valence-corrected chi connectivity index (χ2v) is 6.78. The van der Waals surface area contributed by atoms with E-state index >= 15 is 0 Å². The van der Waals surface area contributed by atoms with Gasteiger partial charge in [0, 0.05) is 31.8 Å². The second-order valence-electron chi connectivity index (χ2n) is 6.78. The van der Waals surface area contributed by atoms with Crippen LogP contribution in [0.5, 0.6) is 0 Å². The van der Waals surface area contributed by atoms with Gasteiger partial charge < -0.3 is 15.0 Å². The number of carbonyl (C=O) groups excluding carboxylic acids is 2. The quantitative estimate of drug-likeness (QED) is 0.454. The van der Waals surface area contributed by atoms with Gasteiger partial charge in [-0.3, -0.25) is 14.9 Å². The van der Waals surface area contributed by atoms with Gasteiger partial charge in [0.05, 0.1) is 16.2 Å². The van der Waals surface area contributed by atoms with Crippen LogP contribution in [-0.2, 0) is 9.53 Å². The van der Waals surface area contributed by atoms with Crippen molar-refractivity contribution < 1.29 is 19.2 Å². The molecular formula is C18H25N3O5. The van der Waals surface area contributed by atoms with E-state index in [-0.39, 0.29) is 17.2 Å². The molecule has 1 amide bonds. The largest absolute Gasteiger partial charge is 0.452 e.